The normalized spacial score (nSPS) is 17.5. The van der Waals surface area contributed by atoms with E-state index in [1.165, 1.54) is 12.1 Å². The van der Waals surface area contributed by atoms with Gasteiger partial charge in [0.1, 0.15) is 5.82 Å². The lowest BCUT2D eigenvalue weighted by molar-refractivity contribution is 0.471. The number of rotatable bonds is 1. The summed E-state index contributed by atoms with van der Waals surface area (Å²) in [5.41, 5.74) is 1.64. The molecule has 2 heterocycles. The molecule has 0 aliphatic carbocycles. The van der Waals surface area contributed by atoms with E-state index in [1.54, 1.807) is 6.07 Å². The van der Waals surface area contributed by atoms with E-state index < -0.39 is 11.6 Å². The molecule has 0 spiro atoms. The average Bonchev–Trinajstić information content (AvgIpc) is 2.89. The maximum absolute atomic E-state index is 13.5. The lowest BCUT2D eigenvalue weighted by Crippen LogP contribution is -2.24. The van der Waals surface area contributed by atoms with Crippen LogP contribution in [0, 0.1) is 11.6 Å². The topological polar surface area (TPSA) is 29.9 Å². The van der Waals surface area contributed by atoms with E-state index in [0.717, 1.165) is 35.2 Å². The average molecular weight is 285 g/mol. The van der Waals surface area contributed by atoms with Crippen molar-refractivity contribution >= 4 is 16.7 Å². The highest BCUT2D eigenvalue weighted by molar-refractivity contribution is 5.90. The van der Waals surface area contributed by atoms with Gasteiger partial charge in [0.2, 0.25) is 0 Å². The van der Waals surface area contributed by atoms with Crippen molar-refractivity contribution in [2.45, 2.75) is 12.5 Å². The first kappa shape index (κ1) is 12.3. The van der Waals surface area contributed by atoms with E-state index >= 15 is 0 Å². The van der Waals surface area contributed by atoms with Gasteiger partial charge in [0.25, 0.3) is 0 Å². The molecule has 4 rings (SSSR count). The van der Waals surface area contributed by atoms with Gasteiger partial charge in [0, 0.05) is 11.9 Å². The fourth-order valence-electron chi connectivity index (χ4n) is 2.93. The Kier molecular flexibility index (Phi) is 2.67. The van der Waals surface area contributed by atoms with E-state index in [0.29, 0.717) is 0 Å². The number of fused-ring (bicyclic) bond motifs is 3. The molecule has 0 fully saturated rings. The summed E-state index contributed by atoms with van der Waals surface area (Å²) in [6.07, 6.45) is 0.784. The Morgan fingerprint density at radius 1 is 1.10 bits per heavy atom. The van der Waals surface area contributed by atoms with Crippen molar-refractivity contribution in [2.24, 2.45) is 0 Å². The van der Waals surface area contributed by atoms with Crippen molar-refractivity contribution in [1.29, 1.82) is 0 Å². The monoisotopic (exact) mass is 285 g/mol. The fourth-order valence-corrected chi connectivity index (χ4v) is 2.93. The zero-order valence-electron chi connectivity index (χ0n) is 11.2. The largest absolute Gasteiger partial charge is 0.370 e. The first-order valence-corrected chi connectivity index (χ1v) is 6.90. The summed E-state index contributed by atoms with van der Waals surface area (Å²) < 4.78 is 28.5. The van der Waals surface area contributed by atoms with Gasteiger partial charge in [-0.05, 0) is 36.2 Å². The van der Waals surface area contributed by atoms with E-state index in [2.05, 4.69) is 10.4 Å². The van der Waals surface area contributed by atoms with Crippen molar-refractivity contribution in [3.8, 4) is 0 Å². The third kappa shape index (κ3) is 1.88. The maximum atomic E-state index is 13.5. The number of hydrogen-bond donors (Lipinski definition) is 1. The van der Waals surface area contributed by atoms with Gasteiger partial charge < -0.3 is 5.32 Å². The maximum Gasteiger partial charge on any atom is 0.159 e. The molecule has 5 heteroatoms. The van der Waals surface area contributed by atoms with E-state index in [-0.39, 0.29) is 6.04 Å². The highest BCUT2D eigenvalue weighted by Crippen LogP contribution is 2.34. The summed E-state index contributed by atoms with van der Waals surface area (Å²) >= 11 is 0. The van der Waals surface area contributed by atoms with Crippen molar-refractivity contribution in [2.75, 3.05) is 11.9 Å². The first-order valence-electron chi connectivity index (χ1n) is 6.90. The minimum atomic E-state index is -0.821. The second-order valence-corrected chi connectivity index (χ2v) is 5.22. The standard InChI is InChI=1S/C16H13F2N3/c17-12-6-5-10(9-13(12)18)15-7-8-19-16-11-3-1-2-4-14(11)20-21(15)16/h1-6,9,15,19H,7-8H2. The molecular formula is C16H13F2N3. The summed E-state index contributed by atoms with van der Waals surface area (Å²) in [7, 11) is 0. The predicted molar refractivity (Wildman–Crippen MR) is 77.3 cm³/mol. The summed E-state index contributed by atoms with van der Waals surface area (Å²) in [5.74, 6) is -0.700. The van der Waals surface area contributed by atoms with E-state index in [1.807, 2.05) is 28.9 Å². The number of benzene rings is 2. The van der Waals surface area contributed by atoms with Crippen LogP contribution < -0.4 is 5.32 Å². The van der Waals surface area contributed by atoms with Crippen LogP contribution in [0.25, 0.3) is 10.9 Å². The second-order valence-electron chi connectivity index (χ2n) is 5.22. The van der Waals surface area contributed by atoms with Gasteiger partial charge in [-0.3, -0.25) is 0 Å². The molecule has 1 aromatic heterocycles. The minimum Gasteiger partial charge on any atom is -0.370 e. The quantitative estimate of drug-likeness (QED) is 0.738. The number of hydrogen-bond acceptors (Lipinski definition) is 2. The van der Waals surface area contributed by atoms with Crippen LogP contribution in [0.15, 0.2) is 42.5 Å². The number of nitrogens with one attached hydrogen (secondary N) is 1. The van der Waals surface area contributed by atoms with Crippen molar-refractivity contribution in [1.82, 2.24) is 9.78 Å². The third-order valence-corrected chi connectivity index (χ3v) is 3.94. The Bertz CT molecular complexity index is 826. The number of halogens is 2. The highest BCUT2D eigenvalue weighted by atomic mass is 19.2. The Balaban J connectivity index is 1.88. The third-order valence-electron chi connectivity index (χ3n) is 3.94. The molecule has 1 unspecified atom stereocenters. The molecule has 1 N–H and O–H groups in total. The number of nitrogens with zero attached hydrogens (tertiary/aromatic N) is 2. The smallest absolute Gasteiger partial charge is 0.159 e. The van der Waals surface area contributed by atoms with Crippen LogP contribution in [0.2, 0.25) is 0 Å². The fraction of sp³-hybridized carbons (Fsp3) is 0.188. The molecule has 0 saturated carbocycles. The van der Waals surface area contributed by atoms with Gasteiger partial charge in [0.15, 0.2) is 11.6 Å². The van der Waals surface area contributed by atoms with Gasteiger partial charge in [-0.1, -0.05) is 18.2 Å². The molecule has 21 heavy (non-hydrogen) atoms. The van der Waals surface area contributed by atoms with Crippen LogP contribution in [0.5, 0.6) is 0 Å². The van der Waals surface area contributed by atoms with Crippen LogP contribution >= 0.6 is 0 Å². The molecule has 1 aliphatic heterocycles. The van der Waals surface area contributed by atoms with Crippen LogP contribution in [-0.2, 0) is 0 Å². The molecule has 2 aromatic carbocycles. The lowest BCUT2D eigenvalue weighted by atomic mass is 10.0. The van der Waals surface area contributed by atoms with E-state index in [4.69, 9.17) is 0 Å². The molecule has 0 saturated heterocycles. The van der Waals surface area contributed by atoms with Gasteiger partial charge >= 0.3 is 0 Å². The zero-order valence-corrected chi connectivity index (χ0v) is 11.2. The molecule has 0 radical (unpaired) electrons. The molecular weight excluding hydrogens is 272 g/mol. The Morgan fingerprint density at radius 3 is 2.81 bits per heavy atom. The Hall–Kier alpha value is -2.43. The summed E-state index contributed by atoms with van der Waals surface area (Å²) in [6, 6.07) is 11.9. The molecule has 3 aromatic rings. The predicted octanol–water partition coefficient (Wildman–Crippen LogP) is 3.72. The summed E-state index contributed by atoms with van der Waals surface area (Å²) in [4.78, 5) is 0. The van der Waals surface area contributed by atoms with Crippen LogP contribution in [0.1, 0.15) is 18.0 Å². The molecule has 1 aliphatic rings. The molecule has 1 atom stereocenters. The van der Waals surface area contributed by atoms with Crippen molar-refractivity contribution < 1.29 is 8.78 Å². The second kappa shape index (κ2) is 4.55. The Morgan fingerprint density at radius 2 is 1.95 bits per heavy atom. The molecule has 0 bridgehead atoms. The Labute approximate surface area is 120 Å². The number of aromatic nitrogens is 2. The molecule has 3 nitrogen and oxygen atoms in total. The minimum absolute atomic E-state index is 0.0799. The SMILES string of the molecule is Fc1ccc(C2CCNc3c4ccccc4nn32)cc1F. The highest BCUT2D eigenvalue weighted by Gasteiger charge is 2.25. The van der Waals surface area contributed by atoms with Crippen LogP contribution in [-0.4, -0.2) is 16.3 Å². The van der Waals surface area contributed by atoms with Gasteiger partial charge in [-0.15, -0.1) is 0 Å². The summed E-state index contributed by atoms with van der Waals surface area (Å²) in [6.45, 7) is 0.777. The van der Waals surface area contributed by atoms with Gasteiger partial charge in [-0.2, -0.15) is 5.10 Å². The van der Waals surface area contributed by atoms with E-state index in [9.17, 15) is 8.78 Å². The summed E-state index contributed by atoms with van der Waals surface area (Å²) in [5, 5.41) is 8.99. The molecule has 0 amide bonds. The van der Waals surface area contributed by atoms with Crippen LogP contribution in [0.4, 0.5) is 14.6 Å². The van der Waals surface area contributed by atoms with Crippen LogP contribution in [0.3, 0.4) is 0 Å². The van der Waals surface area contributed by atoms with Crippen molar-refractivity contribution in [3.05, 3.63) is 59.7 Å². The lowest BCUT2D eigenvalue weighted by Gasteiger charge is -2.26. The van der Waals surface area contributed by atoms with Gasteiger partial charge in [-0.25, -0.2) is 13.5 Å². The van der Waals surface area contributed by atoms with Crippen molar-refractivity contribution in [3.63, 3.8) is 0 Å². The first-order chi connectivity index (χ1) is 10.2. The zero-order chi connectivity index (χ0) is 14.4. The van der Waals surface area contributed by atoms with Gasteiger partial charge in [0.05, 0.1) is 11.6 Å². The molecule has 106 valence electrons. The number of anilines is 1.